The molecule has 0 saturated heterocycles. The van der Waals surface area contributed by atoms with Gasteiger partial charge in [0.05, 0.1) is 30.8 Å². The first kappa shape index (κ1) is 22.0. The van der Waals surface area contributed by atoms with Gasteiger partial charge in [-0.2, -0.15) is 0 Å². The highest BCUT2D eigenvalue weighted by atomic mass is 127. The smallest absolute Gasteiger partial charge is 0.233 e. The Labute approximate surface area is 185 Å². The second-order valence-electron chi connectivity index (χ2n) is 7.03. The summed E-state index contributed by atoms with van der Waals surface area (Å²) in [5.41, 5.74) is 6.08. The molecule has 0 N–H and O–H groups in total. The van der Waals surface area contributed by atoms with Crippen LogP contribution in [0.1, 0.15) is 22.3 Å². The molecule has 5 nitrogen and oxygen atoms in total. The zero-order chi connectivity index (χ0) is 21.0. The Morgan fingerprint density at radius 2 is 1.83 bits per heavy atom. The minimum absolute atomic E-state index is 0.0585. The highest BCUT2D eigenvalue weighted by Gasteiger charge is 2.22. The van der Waals surface area contributed by atoms with Gasteiger partial charge in [-0.05, 0) is 55.7 Å². The van der Waals surface area contributed by atoms with Crippen LogP contribution in [0, 0.1) is 20.8 Å². The minimum atomic E-state index is -3.70. The number of hydrogen-bond acceptors (Lipinski definition) is 4. The van der Waals surface area contributed by atoms with Gasteiger partial charge in [0, 0.05) is 9.84 Å². The number of benzene rings is 2. The van der Waals surface area contributed by atoms with Gasteiger partial charge in [-0.25, -0.2) is 13.4 Å². The molecule has 1 aromatic heterocycles. The highest BCUT2D eigenvalue weighted by Crippen LogP contribution is 2.25. The lowest BCUT2D eigenvalue weighted by atomic mass is 10.00. The molecular weight excluding hydrogens is 499 g/mol. The van der Waals surface area contributed by atoms with E-state index in [1.165, 1.54) is 17.0 Å². The number of sulfone groups is 1. The van der Waals surface area contributed by atoms with E-state index in [2.05, 4.69) is 60.5 Å². The summed E-state index contributed by atoms with van der Waals surface area (Å²) in [5.74, 6) is 0. The number of nitrogens with zero attached hydrogens (tertiary/aromatic N) is 2. The number of hydrogen-bond donors (Lipinski definition) is 0. The number of rotatable bonds is 8. The topological polar surface area (TPSA) is 61.2 Å². The molecule has 7 heteroatoms. The number of alkyl halides is 1. The molecule has 0 unspecified atom stereocenters. The van der Waals surface area contributed by atoms with E-state index >= 15 is 0 Å². The number of halogens is 1. The van der Waals surface area contributed by atoms with E-state index in [4.69, 9.17) is 4.74 Å². The third-order valence-corrected chi connectivity index (χ3v) is 6.55. The van der Waals surface area contributed by atoms with Crippen LogP contribution in [0.2, 0.25) is 0 Å². The predicted octanol–water partition coefficient (Wildman–Crippen LogP) is 4.75. The molecule has 0 radical (unpaired) electrons. The summed E-state index contributed by atoms with van der Waals surface area (Å²) in [5, 5.41) is 1.26. The van der Waals surface area contributed by atoms with E-state index in [1.54, 1.807) is 4.57 Å². The molecule has 1 heterocycles. The standard InChI is InChI=1S/C22H25IN2O3S/c1-16-13-17(2)19(18(3)14-16)15-25-21-8-5-4-7-20(21)24-22(25)29(26,27)12-6-10-28-11-9-23/h4-8,12-14H,9-11,15H2,1-3H3/b12-6+. The first-order valence-corrected chi connectivity index (χ1v) is 12.5. The molecule has 0 saturated carbocycles. The van der Waals surface area contributed by atoms with E-state index < -0.39 is 9.84 Å². The van der Waals surface area contributed by atoms with Crippen molar-refractivity contribution in [3.63, 3.8) is 0 Å². The molecule has 154 valence electrons. The summed E-state index contributed by atoms with van der Waals surface area (Å²) in [6.45, 7) is 7.50. The maximum absolute atomic E-state index is 13.0. The maximum Gasteiger partial charge on any atom is 0.233 e. The molecule has 2 aromatic carbocycles. The fraction of sp³-hybridized carbons (Fsp3) is 0.318. The monoisotopic (exact) mass is 524 g/mol. The number of fused-ring (bicyclic) bond motifs is 1. The Hall–Kier alpha value is -1.71. The summed E-state index contributed by atoms with van der Waals surface area (Å²) in [4.78, 5) is 4.45. The Morgan fingerprint density at radius 3 is 2.52 bits per heavy atom. The van der Waals surface area contributed by atoms with Gasteiger partial charge in [0.15, 0.2) is 0 Å². The summed E-state index contributed by atoms with van der Waals surface area (Å²) in [6, 6.07) is 11.8. The van der Waals surface area contributed by atoms with Crippen LogP contribution in [0.4, 0.5) is 0 Å². The molecule has 0 aliphatic heterocycles. The van der Waals surface area contributed by atoms with Gasteiger partial charge < -0.3 is 9.30 Å². The van der Waals surface area contributed by atoms with Crippen LogP contribution < -0.4 is 0 Å². The van der Waals surface area contributed by atoms with Crippen LogP contribution >= 0.6 is 22.6 Å². The second-order valence-corrected chi connectivity index (χ2v) is 9.83. The fourth-order valence-electron chi connectivity index (χ4n) is 3.47. The molecular formula is C22H25IN2O3S. The van der Waals surface area contributed by atoms with Gasteiger partial charge in [0.1, 0.15) is 0 Å². The minimum Gasteiger partial charge on any atom is -0.377 e. The number of ether oxygens (including phenoxy) is 1. The number of aromatic nitrogens is 2. The van der Waals surface area contributed by atoms with Crippen molar-refractivity contribution in [2.24, 2.45) is 0 Å². The van der Waals surface area contributed by atoms with E-state index in [-0.39, 0.29) is 11.8 Å². The van der Waals surface area contributed by atoms with Gasteiger partial charge in [-0.3, -0.25) is 0 Å². The second kappa shape index (κ2) is 9.40. The summed E-state index contributed by atoms with van der Waals surface area (Å²) in [6.07, 6.45) is 1.54. The Morgan fingerprint density at radius 1 is 1.14 bits per heavy atom. The molecule has 0 atom stereocenters. The van der Waals surface area contributed by atoms with Gasteiger partial charge in [-0.15, -0.1) is 0 Å². The number of aryl methyl sites for hydroxylation is 3. The van der Waals surface area contributed by atoms with Crippen molar-refractivity contribution in [3.8, 4) is 0 Å². The molecule has 0 bridgehead atoms. The molecule has 0 fully saturated rings. The summed E-state index contributed by atoms with van der Waals surface area (Å²) >= 11 is 2.21. The molecule has 0 aliphatic rings. The van der Waals surface area contributed by atoms with E-state index in [9.17, 15) is 8.42 Å². The average Bonchev–Trinajstić information content (AvgIpc) is 3.04. The third kappa shape index (κ3) is 5.07. The fourth-order valence-corrected chi connectivity index (χ4v) is 4.93. The molecule has 29 heavy (non-hydrogen) atoms. The van der Waals surface area contributed by atoms with Crippen molar-refractivity contribution in [2.75, 3.05) is 17.6 Å². The van der Waals surface area contributed by atoms with Crippen molar-refractivity contribution in [3.05, 3.63) is 70.1 Å². The molecule has 0 aliphatic carbocycles. The van der Waals surface area contributed by atoms with Crippen LogP contribution in [0.3, 0.4) is 0 Å². The number of imidazole rings is 1. The van der Waals surface area contributed by atoms with Crippen LogP contribution in [0.25, 0.3) is 11.0 Å². The highest BCUT2D eigenvalue weighted by molar-refractivity contribution is 14.1. The first-order valence-electron chi connectivity index (χ1n) is 9.41. The van der Waals surface area contributed by atoms with Crippen molar-refractivity contribution in [2.45, 2.75) is 32.5 Å². The van der Waals surface area contributed by atoms with Crippen LogP contribution in [0.15, 0.2) is 53.0 Å². The van der Waals surface area contributed by atoms with Crippen LogP contribution in [0.5, 0.6) is 0 Å². The lowest BCUT2D eigenvalue weighted by Gasteiger charge is -2.14. The Kier molecular flexibility index (Phi) is 7.13. The van der Waals surface area contributed by atoms with Crippen molar-refractivity contribution < 1.29 is 13.2 Å². The lowest BCUT2D eigenvalue weighted by Crippen LogP contribution is -2.12. The quantitative estimate of drug-likeness (QED) is 0.243. The van der Waals surface area contributed by atoms with E-state index in [0.29, 0.717) is 18.7 Å². The van der Waals surface area contributed by atoms with Crippen molar-refractivity contribution in [1.29, 1.82) is 0 Å². The first-order chi connectivity index (χ1) is 13.8. The average molecular weight is 524 g/mol. The van der Waals surface area contributed by atoms with E-state index in [0.717, 1.165) is 26.6 Å². The Bertz CT molecular complexity index is 1130. The van der Waals surface area contributed by atoms with Gasteiger partial charge in [0.25, 0.3) is 0 Å². The van der Waals surface area contributed by atoms with Crippen LogP contribution in [-0.2, 0) is 21.1 Å². The molecule has 0 amide bonds. The van der Waals surface area contributed by atoms with E-state index in [1.807, 2.05) is 24.3 Å². The third-order valence-electron chi connectivity index (χ3n) is 4.74. The lowest BCUT2D eigenvalue weighted by molar-refractivity contribution is 0.182. The molecule has 0 spiro atoms. The summed E-state index contributed by atoms with van der Waals surface area (Å²) in [7, 11) is -3.70. The van der Waals surface area contributed by atoms with Crippen molar-refractivity contribution in [1.82, 2.24) is 9.55 Å². The zero-order valence-electron chi connectivity index (χ0n) is 16.9. The Balaban J connectivity index is 2.05. The summed E-state index contributed by atoms with van der Waals surface area (Å²) < 4.78 is 34.1. The zero-order valence-corrected chi connectivity index (χ0v) is 19.8. The predicted molar refractivity (Wildman–Crippen MR) is 126 cm³/mol. The SMILES string of the molecule is Cc1cc(C)c(Cn2c(S(=O)(=O)/C=C/COCCI)nc3ccccc32)c(C)c1. The number of para-hydroxylation sites is 2. The molecule has 3 rings (SSSR count). The van der Waals surface area contributed by atoms with Gasteiger partial charge in [-0.1, -0.05) is 52.4 Å². The van der Waals surface area contributed by atoms with Gasteiger partial charge >= 0.3 is 0 Å². The van der Waals surface area contributed by atoms with Crippen LogP contribution in [-0.4, -0.2) is 35.6 Å². The maximum atomic E-state index is 13.0. The van der Waals surface area contributed by atoms with Crippen molar-refractivity contribution >= 4 is 43.5 Å². The normalized spacial score (nSPS) is 12.3. The molecule has 3 aromatic rings. The largest absolute Gasteiger partial charge is 0.377 e. The van der Waals surface area contributed by atoms with Gasteiger partial charge in [0.2, 0.25) is 15.0 Å².